The maximum atomic E-state index is 12.2. The highest BCUT2D eigenvalue weighted by atomic mass is 32.2. The number of hydrogen-bond acceptors (Lipinski definition) is 7. The van der Waals surface area contributed by atoms with E-state index in [1.54, 1.807) is 7.11 Å². The summed E-state index contributed by atoms with van der Waals surface area (Å²) in [4.78, 5) is 3.95. The summed E-state index contributed by atoms with van der Waals surface area (Å²) in [7, 11) is -2.10. The topological polar surface area (TPSA) is 116 Å². The van der Waals surface area contributed by atoms with Gasteiger partial charge in [-0.1, -0.05) is 0 Å². The molecule has 4 N–H and O–H groups in total. The zero-order chi connectivity index (χ0) is 14.6. The van der Waals surface area contributed by atoms with Gasteiger partial charge in [0.2, 0.25) is 10.0 Å². The van der Waals surface area contributed by atoms with Crippen molar-refractivity contribution in [3.63, 3.8) is 0 Å². The number of nitrogen functional groups attached to an aromatic ring is 1. The molecule has 8 nitrogen and oxygen atoms in total. The first kappa shape index (κ1) is 15.1. The van der Waals surface area contributed by atoms with Crippen LogP contribution in [0.1, 0.15) is 6.42 Å². The maximum Gasteiger partial charge on any atom is 0.240 e. The Morgan fingerprint density at radius 3 is 3.00 bits per heavy atom. The minimum absolute atomic E-state index is 0.0885. The second kappa shape index (κ2) is 6.02. The van der Waals surface area contributed by atoms with Crippen LogP contribution in [0.25, 0.3) is 0 Å². The molecule has 1 atom stereocenters. The fourth-order valence-corrected chi connectivity index (χ4v) is 3.05. The number of methoxy groups -OCH3 is 1. The van der Waals surface area contributed by atoms with Gasteiger partial charge in [0.15, 0.2) is 0 Å². The monoisotopic (exact) mass is 302 g/mol. The van der Waals surface area contributed by atoms with Crippen molar-refractivity contribution in [1.29, 1.82) is 0 Å². The highest BCUT2D eigenvalue weighted by Gasteiger charge is 2.36. The number of aromatic nitrogens is 1. The number of hydrogen-bond donors (Lipinski definition) is 3. The van der Waals surface area contributed by atoms with Crippen molar-refractivity contribution in [1.82, 2.24) is 9.71 Å². The molecular weight excluding hydrogens is 284 g/mol. The zero-order valence-electron chi connectivity index (χ0n) is 11.1. The van der Waals surface area contributed by atoms with Gasteiger partial charge in [-0.25, -0.2) is 24.0 Å². The average molecular weight is 302 g/mol. The number of sulfonamides is 1. The van der Waals surface area contributed by atoms with Crippen molar-refractivity contribution in [2.45, 2.75) is 16.9 Å². The molecule has 0 radical (unpaired) electrons. The summed E-state index contributed by atoms with van der Waals surface area (Å²) >= 11 is 0. The molecule has 1 aromatic heterocycles. The highest BCUT2D eigenvalue weighted by molar-refractivity contribution is 7.89. The molecule has 1 aliphatic rings. The smallest absolute Gasteiger partial charge is 0.240 e. The molecule has 1 aliphatic heterocycles. The van der Waals surface area contributed by atoms with Crippen LogP contribution in [0.5, 0.6) is 0 Å². The van der Waals surface area contributed by atoms with E-state index in [0.29, 0.717) is 19.6 Å². The number of ether oxygens (including phenoxy) is 2. The van der Waals surface area contributed by atoms with Crippen LogP contribution in [0.3, 0.4) is 0 Å². The van der Waals surface area contributed by atoms with Crippen LogP contribution < -0.4 is 16.0 Å². The van der Waals surface area contributed by atoms with Crippen LogP contribution in [0.4, 0.5) is 5.82 Å². The predicted molar refractivity (Wildman–Crippen MR) is 72.4 cm³/mol. The normalized spacial score (nSPS) is 22.9. The van der Waals surface area contributed by atoms with Gasteiger partial charge in [0.25, 0.3) is 0 Å². The molecule has 0 amide bonds. The molecule has 1 saturated heterocycles. The SMILES string of the molecule is COC1(CNS(=O)(=O)c2ccnc(NN)c2)CCOC1. The van der Waals surface area contributed by atoms with Crippen LogP contribution in [-0.4, -0.2) is 45.9 Å². The summed E-state index contributed by atoms with van der Waals surface area (Å²) < 4.78 is 37.6. The zero-order valence-corrected chi connectivity index (χ0v) is 11.9. The number of nitrogens with one attached hydrogen (secondary N) is 2. The Balaban J connectivity index is 2.10. The summed E-state index contributed by atoms with van der Waals surface area (Å²) in [5, 5.41) is 0. The van der Waals surface area contributed by atoms with Crippen LogP contribution in [0.2, 0.25) is 0 Å². The fraction of sp³-hybridized carbons (Fsp3) is 0.545. The van der Waals surface area contributed by atoms with E-state index in [1.165, 1.54) is 18.3 Å². The number of nitrogens with two attached hydrogens (primary N) is 1. The van der Waals surface area contributed by atoms with Crippen LogP contribution in [-0.2, 0) is 19.5 Å². The van der Waals surface area contributed by atoms with E-state index in [4.69, 9.17) is 15.3 Å². The molecule has 0 aliphatic carbocycles. The molecule has 20 heavy (non-hydrogen) atoms. The van der Waals surface area contributed by atoms with E-state index < -0.39 is 15.6 Å². The maximum absolute atomic E-state index is 12.2. The van der Waals surface area contributed by atoms with E-state index >= 15 is 0 Å². The number of pyridine rings is 1. The number of hydrazine groups is 1. The standard InChI is InChI=1S/C11H18N4O4S/c1-18-11(3-5-19-8-11)7-14-20(16,17)9-2-4-13-10(6-9)15-12/h2,4,6,14H,3,5,7-8,12H2,1H3,(H,13,15). The molecule has 0 saturated carbocycles. The lowest BCUT2D eigenvalue weighted by Gasteiger charge is -2.25. The molecule has 1 aromatic rings. The van der Waals surface area contributed by atoms with Gasteiger partial charge >= 0.3 is 0 Å². The van der Waals surface area contributed by atoms with Gasteiger partial charge in [0, 0.05) is 38.9 Å². The van der Waals surface area contributed by atoms with E-state index in [-0.39, 0.29) is 17.3 Å². The van der Waals surface area contributed by atoms with Gasteiger partial charge in [0.05, 0.1) is 11.5 Å². The first-order valence-electron chi connectivity index (χ1n) is 6.07. The molecule has 2 heterocycles. The van der Waals surface area contributed by atoms with Gasteiger partial charge in [-0.15, -0.1) is 0 Å². The Morgan fingerprint density at radius 1 is 1.60 bits per heavy atom. The van der Waals surface area contributed by atoms with Crippen LogP contribution in [0.15, 0.2) is 23.2 Å². The van der Waals surface area contributed by atoms with Gasteiger partial charge in [0.1, 0.15) is 11.4 Å². The largest absolute Gasteiger partial charge is 0.378 e. The van der Waals surface area contributed by atoms with Crippen molar-refractivity contribution in [3.05, 3.63) is 18.3 Å². The minimum atomic E-state index is -3.65. The average Bonchev–Trinajstić information content (AvgIpc) is 2.95. The third kappa shape index (κ3) is 3.25. The number of nitrogens with zero attached hydrogens (tertiary/aromatic N) is 1. The molecular formula is C11H18N4O4S. The second-order valence-electron chi connectivity index (χ2n) is 4.54. The lowest BCUT2D eigenvalue weighted by atomic mass is 10.0. The molecule has 1 unspecified atom stereocenters. The Kier molecular flexibility index (Phi) is 4.55. The van der Waals surface area contributed by atoms with Gasteiger partial charge in [-0.2, -0.15) is 0 Å². The van der Waals surface area contributed by atoms with Crippen molar-refractivity contribution in [2.24, 2.45) is 5.84 Å². The predicted octanol–water partition coefficient (Wildman–Crippen LogP) is -0.549. The van der Waals surface area contributed by atoms with Gasteiger partial charge in [-0.3, -0.25) is 0 Å². The highest BCUT2D eigenvalue weighted by Crippen LogP contribution is 2.22. The van der Waals surface area contributed by atoms with Crippen molar-refractivity contribution in [2.75, 3.05) is 32.3 Å². The summed E-state index contributed by atoms with van der Waals surface area (Å²) in [5.41, 5.74) is 1.71. The summed E-state index contributed by atoms with van der Waals surface area (Å²) in [6.45, 7) is 1.09. The van der Waals surface area contributed by atoms with Crippen LogP contribution in [0, 0.1) is 0 Å². The van der Waals surface area contributed by atoms with Crippen LogP contribution >= 0.6 is 0 Å². The molecule has 112 valence electrons. The van der Waals surface area contributed by atoms with Crippen molar-refractivity contribution >= 4 is 15.8 Å². The Hall–Kier alpha value is -1.26. The number of anilines is 1. The summed E-state index contributed by atoms with van der Waals surface area (Å²) in [6, 6.07) is 2.75. The Labute approximate surface area is 117 Å². The molecule has 0 aromatic carbocycles. The van der Waals surface area contributed by atoms with E-state index in [1.807, 2.05) is 0 Å². The van der Waals surface area contributed by atoms with E-state index in [2.05, 4.69) is 15.1 Å². The summed E-state index contributed by atoms with van der Waals surface area (Å²) in [5.74, 6) is 5.49. The van der Waals surface area contributed by atoms with E-state index in [0.717, 1.165) is 0 Å². The first-order chi connectivity index (χ1) is 9.51. The first-order valence-corrected chi connectivity index (χ1v) is 7.55. The molecule has 0 bridgehead atoms. The minimum Gasteiger partial charge on any atom is -0.378 e. The second-order valence-corrected chi connectivity index (χ2v) is 6.30. The Morgan fingerprint density at radius 2 is 2.40 bits per heavy atom. The van der Waals surface area contributed by atoms with Crippen molar-refractivity contribution < 1.29 is 17.9 Å². The molecule has 0 spiro atoms. The molecule has 1 fully saturated rings. The fourth-order valence-electron chi connectivity index (χ4n) is 1.93. The lowest BCUT2D eigenvalue weighted by molar-refractivity contribution is -0.0120. The molecule has 9 heteroatoms. The van der Waals surface area contributed by atoms with Gasteiger partial charge in [-0.05, 0) is 6.07 Å². The molecule has 2 rings (SSSR count). The lowest BCUT2D eigenvalue weighted by Crippen LogP contribution is -2.44. The van der Waals surface area contributed by atoms with E-state index in [9.17, 15) is 8.42 Å². The third-order valence-electron chi connectivity index (χ3n) is 3.27. The summed E-state index contributed by atoms with van der Waals surface area (Å²) in [6.07, 6.45) is 2.02. The quantitative estimate of drug-likeness (QED) is 0.477. The Bertz CT molecular complexity index is 557. The van der Waals surface area contributed by atoms with Crippen molar-refractivity contribution in [3.8, 4) is 0 Å². The van der Waals surface area contributed by atoms with Gasteiger partial charge < -0.3 is 14.9 Å². The third-order valence-corrected chi connectivity index (χ3v) is 4.67. The number of rotatable bonds is 6.